The van der Waals surface area contributed by atoms with Crippen LogP contribution in [0, 0.1) is 0 Å². The summed E-state index contributed by atoms with van der Waals surface area (Å²) in [7, 11) is 0. The zero-order chi connectivity index (χ0) is 11.9. The van der Waals surface area contributed by atoms with Crippen molar-refractivity contribution in [3.05, 3.63) is 0 Å². The Kier molecular flexibility index (Phi) is 7.44. The number of alkyl halides is 3. The van der Waals surface area contributed by atoms with Gasteiger partial charge in [-0.1, -0.05) is 20.8 Å². The second-order valence-electron chi connectivity index (χ2n) is 3.79. The van der Waals surface area contributed by atoms with Gasteiger partial charge in [0.25, 0.3) is 0 Å². The number of thioether (sulfide) groups is 1. The van der Waals surface area contributed by atoms with Crippen LogP contribution >= 0.6 is 11.8 Å². The molecule has 0 spiro atoms. The molecular weight excluding hydrogens is 223 g/mol. The van der Waals surface area contributed by atoms with E-state index in [0.29, 0.717) is 5.25 Å². The highest BCUT2D eigenvalue weighted by Crippen LogP contribution is 2.23. The molecule has 0 saturated carbocycles. The van der Waals surface area contributed by atoms with Gasteiger partial charge in [0.1, 0.15) is 0 Å². The molecule has 0 fully saturated rings. The van der Waals surface area contributed by atoms with Gasteiger partial charge < -0.3 is 5.32 Å². The van der Waals surface area contributed by atoms with Gasteiger partial charge in [-0.15, -0.1) is 0 Å². The van der Waals surface area contributed by atoms with Crippen molar-refractivity contribution in [2.75, 3.05) is 12.3 Å². The van der Waals surface area contributed by atoms with Crippen molar-refractivity contribution in [2.45, 2.75) is 51.1 Å². The van der Waals surface area contributed by atoms with Gasteiger partial charge in [-0.05, 0) is 18.2 Å². The molecule has 92 valence electrons. The van der Waals surface area contributed by atoms with Gasteiger partial charge in [-0.3, -0.25) is 0 Å². The SMILES string of the molecule is CCNC(CCC(F)(F)F)CSC(C)C. The van der Waals surface area contributed by atoms with Crippen LogP contribution in [0.1, 0.15) is 33.6 Å². The van der Waals surface area contributed by atoms with E-state index in [2.05, 4.69) is 19.2 Å². The minimum atomic E-state index is -4.03. The lowest BCUT2D eigenvalue weighted by atomic mass is 10.2. The highest BCUT2D eigenvalue weighted by atomic mass is 32.2. The van der Waals surface area contributed by atoms with E-state index in [-0.39, 0.29) is 12.5 Å². The van der Waals surface area contributed by atoms with Crippen molar-refractivity contribution in [3.8, 4) is 0 Å². The highest BCUT2D eigenvalue weighted by Gasteiger charge is 2.28. The Hall–Kier alpha value is 0.100. The second kappa shape index (κ2) is 7.39. The van der Waals surface area contributed by atoms with Crippen molar-refractivity contribution in [3.63, 3.8) is 0 Å². The maximum absolute atomic E-state index is 12.0. The molecule has 1 atom stereocenters. The van der Waals surface area contributed by atoms with E-state index in [9.17, 15) is 13.2 Å². The first-order chi connectivity index (χ1) is 6.85. The summed E-state index contributed by atoms with van der Waals surface area (Å²) in [5, 5.41) is 3.56. The first-order valence-electron chi connectivity index (χ1n) is 5.27. The summed E-state index contributed by atoms with van der Waals surface area (Å²) < 4.78 is 36.1. The number of hydrogen-bond acceptors (Lipinski definition) is 2. The Morgan fingerprint density at radius 1 is 1.27 bits per heavy atom. The smallest absolute Gasteiger partial charge is 0.313 e. The Morgan fingerprint density at radius 2 is 1.87 bits per heavy atom. The third-order valence-electron chi connectivity index (χ3n) is 1.90. The molecular formula is C10H20F3NS. The van der Waals surface area contributed by atoms with E-state index in [1.807, 2.05) is 6.92 Å². The number of rotatable bonds is 7. The number of nitrogens with one attached hydrogen (secondary N) is 1. The lowest BCUT2D eigenvalue weighted by molar-refractivity contribution is -0.136. The van der Waals surface area contributed by atoms with Crippen LogP contribution in [0.5, 0.6) is 0 Å². The molecule has 0 aromatic carbocycles. The first kappa shape index (κ1) is 15.1. The van der Waals surface area contributed by atoms with Crippen LogP contribution in [0.4, 0.5) is 13.2 Å². The van der Waals surface area contributed by atoms with Gasteiger partial charge >= 0.3 is 6.18 Å². The zero-order valence-electron chi connectivity index (χ0n) is 9.53. The maximum atomic E-state index is 12.0. The fourth-order valence-corrected chi connectivity index (χ4v) is 2.08. The summed E-state index contributed by atoms with van der Waals surface area (Å²) in [4.78, 5) is 0. The molecule has 1 nitrogen and oxygen atoms in total. The topological polar surface area (TPSA) is 12.0 Å². The summed E-state index contributed by atoms with van der Waals surface area (Å²) in [6.45, 7) is 6.75. The fourth-order valence-electron chi connectivity index (χ4n) is 1.18. The van der Waals surface area contributed by atoms with E-state index >= 15 is 0 Å². The van der Waals surface area contributed by atoms with Crippen LogP contribution in [0.2, 0.25) is 0 Å². The zero-order valence-corrected chi connectivity index (χ0v) is 10.3. The van der Waals surface area contributed by atoms with Crippen LogP contribution < -0.4 is 5.32 Å². The summed E-state index contributed by atoms with van der Waals surface area (Å²) in [6, 6.07) is -0.0241. The lowest BCUT2D eigenvalue weighted by Crippen LogP contribution is -2.32. The molecule has 0 saturated heterocycles. The molecule has 0 aromatic rings. The molecule has 0 radical (unpaired) electrons. The molecule has 0 aliphatic carbocycles. The summed E-state index contributed by atoms with van der Waals surface area (Å²) >= 11 is 1.70. The minimum Gasteiger partial charge on any atom is -0.313 e. The maximum Gasteiger partial charge on any atom is 0.389 e. The number of hydrogen-bond donors (Lipinski definition) is 1. The summed E-state index contributed by atoms with van der Waals surface area (Å²) in [5.74, 6) is 0.752. The van der Waals surface area contributed by atoms with Crippen LogP contribution in [0.25, 0.3) is 0 Å². The van der Waals surface area contributed by atoms with Crippen molar-refractivity contribution >= 4 is 11.8 Å². The van der Waals surface area contributed by atoms with Gasteiger partial charge in [0.05, 0.1) is 0 Å². The van der Waals surface area contributed by atoms with E-state index in [1.54, 1.807) is 11.8 Å². The standard InChI is InChI=1S/C10H20F3NS/c1-4-14-9(7-15-8(2)3)5-6-10(11,12)13/h8-9,14H,4-7H2,1-3H3. The van der Waals surface area contributed by atoms with Gasteiger partial charge in [-0.25, -0.2) is 0 Å². The van der Waals surface area contributed by atoms with Crippen molar-refractivity contribution < 1.29 is 13.2 Å². The first-order valence-corrected chi connectivity index (χ1v) is 6.31. The van der Waals surface area contributed by atoms with Crippen molar-refractivity contribution in [2.24, 2.45) is 0 Å². The van der Waals surface area contributed by atoms with Crippen molar-refractivity contribution in [1.29, 1.82) is 0 Å². The lowest BCUT2D eigenvalue weighted by Gasteiger charge is -2.19. The molecule has 0 aromatic heterocycles. The Morgan fingerprint density at radius 3 is 2.27 bits per heavy atom. The van der Waals surface area contributed by atoms with Crippen LogP contribution in [0.15, 0.2) is 0 Å². The largest absolute Gasteiger partial charge is 0.389 e. The Balaban J connectivity index is 3.82. The normalized spacial score (nSPS) is 14.6. The minimum absolute atomic E-state index is 0.0241. The predicted molar refractivity (Wildman–Crippen MR) is 60.3 cm³/mol. The molecule has 0 heterocycles. The molecule has 1 N–H and O–H groups in total. The summed E-state index contributed by atoms with van der Waals surface area (Å²) in [6.07, 6.45) is -4.55. The third kappa shape index (κ3) is 10.4. The predicted octanol–water partition coefficient (Wildman–Crippen LogP) is 3.45. The highest BCUT2D eigenvalue weighted by molar-refractivity contribution is 7.99. The molecule has 0 aliphatic heterocycles. The molecule has 0 amide bonds. The van der Waals surface area contributed by atoms with Crippen LogP contribution in [0.3, 0.4) is 0 Å². The Bertz CT molecular complexity index is 159. The van der Waals surface area contributed by atoms with E-state index < -0.39 is 12.6 Å². The van der Waals surface area contributed by atoms with E-state index in [0.717, 1.165) is 12.3 Å². The van der Waals surface area contributed by atoms with Gasteiger partial charge in [0.2, 0.25) is 0 Å². The van der Waals surface area contributed by atoms with Gasteiger partial charge in [-0.2, -0.15) is 24.9 Å². The quantitative estimate of drug-likeness (QED) is 0.735. The van der Waals surface area contributed by atoms with E-state index in [4.69, 9.17) is 0 Å². The van der Waals surface area contributed by atoms with Gasteiger partial charge in [0, 0.05) is 18.2 Å². The van der Waals surface area contributed by atoms with E-state index in [1.165, 1.54) is 0 Å². The third-order valence-corrected chi connectivity index (χ3v) is 3.16. The second-order valence-corrected chi connectivity index (χ2v) is 5.40. The van der Waals surface area contributed by atoms with Crippen LogP contribution in [-0.4, -0.2) is 29.8 Å². The number of halogens is 3. The molecule has 5 heteroatoms. The molecule has 1 unspecified atom stereocenters. The Labute approximate surface area is 94.2 Å². The monoisotopic (exact) mass is 243 g/mol. The fraction of sp³-hybridized carbons (Fsp3) is 1.00. The average molecular weight is 243 g/mol. The average Bonchev–Trinajstić information content (AvgIpc) is 2.08. The van der Waals surface area contributed by atoms with Crippen LogP contribution in [-0.2, 0) is 0 Å². The van der Waals surface area contributed by atoms with Gasteiger partial charge in [0.15, 0.2) is 0 Å². The molecule has 0 bridgehead atoms. The van der Waals surface area contributed by atoms with Crippen molar-refractivity contribution in [1.82, 2.24) is 5.32 Å². The molecule has 0 aliphatic rings. The molecule has 0 rings (SSSR count). The summed E-state index contributed by atoms with van der Waals surface area (Å²) in [5.41, 5.74) is 0. The molecule has 15 heavy (non-hydrogen) atoms.